The Hall–Kier alpha value is -3.14. The molecule has 0 radical (unpaired) electrons. The van der Waals surface area contributed by atoms with Gasteiger partial charge in [-0.25, -0.2) is 0 Å². The van der Waals surface area contributed by atoms with Crippen LogP contribution in [0.5, 0.6) is 0 Å². The lowest BCUT2D eigenvalue weighted by Gasteiger charge is -2.23. The molecule has 4 heteroatoms. The van der Waals surface area contributed by atoms with Crippen molar-refractivity contribution in [1.82, 2.24) is 10.6 Å². The van der Waals surface area contributed by atoms with Crippen LogP contribution in [0.15, 0.2) is 78.5 Å². The minimum absolute atomic E-state index is 0.177. The molecule has 3 rings (SSSR count). The normalized spacial score (nSPS) is 15.4. The predicted molar refractivity (Wildman–Crippen MR) is 112 cm³/mol. The Kier molecular flexibility index (Phi) is 7.19. The molecule has 2 amide bonds. The summed E-state index contributed by atoms with van der Waals surface area (Å²) in [6.07, 6.45) is 10.8. The Morgan fingerprint density at radius 2 is 1.50 bits per heavy atom. The number of carbonyl (C=O) groups is 2. The topological polar surface area (TPSA) is 58.2 Å². The van der Waals surface area contributed by atoms with E-state index < -0.39 is 0 Å². The molecular weight excluding hydrogens is 348 g/mol. The fraction of sp³-hybridized carbons (Fsp3) is 0.250. The monoisotopic (exact) mass is 374 g/mol. The zero-order valence-corrected chi connectivity index (χ0v) is 15.9. The van der Waals surface area contributed by atoms with Gasteiger partial charge in [-0.15, -0.1) is 0 Å². The largest absolute Gasteiger partial charge is 0.348 e. The highest BCUT2D eigenvalue weighted by Crippen LogP contribution is 2.17. The van der Waals surface area contributed by atoms with E-state index in [1.807, 2.05) is 42.5 Å². The molecule has 28 heavy (non-hydrogen) atoms. The lowest BCUT2D eigenvalue weighted by Crippen LogP contribution is -2.41. The molecule has 0 heterocycles. The van der Waals surface area contributed by atoms with Gasteiger partial charge in [-0.2, -0.15) is 0 Å². The average molecular weight is 374 g/mol. The highest BCUT2D eigenvalue weighted by Gasteiger charge is 2.19. The van der Waals surface area contributed by atoms with Gasteiger partial charge >= 0.3 is 0 Å². The first-order chi connectivity index (χ1) is 13.7. The first-order valence-corrected chi connectivity index (χ1v) is 9.83. The van der Waals surface area contributed by atoms with E-state index in [1.54, 1.807) is 36.4 Å². The van der Waals surface area contributed by atoms with Gasteiger partial charge in [0, 0.05) is 11.6 Å². The van der Waals surface area contributed by atoms with Crippen molar-refractivity contribution in [3.8, 4) is 0 Å². The van der Waals surface area contributed by atoms with Gasteiger partial charge < -0.3 is 10.6 Å². The third-order valence-corrected chi connectivity index (χ3v) is 4.82. The number of hydrogen-bond donors (Lipinski definition) is 2. The number of rotatable bonds is 6. The zero-order chi connectivity index (χ0) is 19.6. The average Bonchev–Trinajstić information content (AvgIpc) is 2.75. The summed E-state index contributed by atoms with van der Waals surface area (Å²) in [6.45, 7) is 0. The van der Waals surface area contributed by atoms with Gasteiger partial charge in [-0.1, -0.05) is 79.9 Å². The molecule has 2 aromatic rings. The third kappa shape index (κ3) is 5.95. The molecule has 2 N–H and O–H groups in total. The van der Waals surface area contributed by atoms with Crippen LogP contribution in [0.1, 0.15) is 48.0 Å². The maximum Gasteiger partial charge on any atom is 0.268 e. The van der Waals surface area contributed by atoms with E-state index >= 15 is 0 Å². The van der Waals surface area contributed by atoms with Crippen LogP contribution in [0.2, 0.25) is 0 Å². The van der Waals surface area contributed by atoms with Crippen molar-refractivity contribution in [2.45, 2.75) is 38.1 Å². The van der Waals surface area contributed by atoms with Crippen molar-refractivity contribution in [3.63, 3.8) is 0 Å². The molecule has 0 bridgehead atoms. The van der Waals surface area contributed by atoms with Crippen LogP contribution in [0.4, 0.5) is 0 Å². The van der Waals surface area contributed by atoms with Crippen LogP contribution in [-0.2, 0) is 4.79 Å². The molecule has 0 aromatic heterocycles. The molecule has 0 aliphatic heterocycles. The van der Waals surface area contributed by atoms with Crippen molar-refractivity contribution in [2.75, 3.05) is 0 Å². The molecule has 1 saturated carbocycles. The highest BCUT2D eigenvalue weighted by atomic mass is 16.2. The Labute approximate surface area is 166 Å². The van der Waals surface area contributed by atoms with Crippen LogP contribution in [0, 0.1) is 0 Å². The summed E-state index contributed by atoms with van der Waals surface area (Å²) in [7, 11) is 0. The Morgan fingerprint density at radius 3 is 2.18 bits per heavy atom. The SMILES string of the molecule is O=C(NC1CCCCC1)/C(=C\C=C\c1ccccc1)NC(=O)c1ccccc1. The molecule has 1 aliphatic rings. The van der Waals surface area contributed by atoms with E-state index in [-0.39, 0.29) is 23.6 Å². The lowest BCUT2D eigenvalue weighted by molar-refractivity contribution is -0.118. The standard InChI is InChI=1S/C24H26N2O2/c27-23(20-14-6-2-7-15-20)26-22(18-10-13-19-11-4-1-5-12-19)24(28)25-21-16-8-3-9-17-21/h1-2,4-7,10-15,18,21H,3,8-9,16-17H2,(H,25,28)(H,26,27)/b13-10+,22-18+. The third-order valence-electron chi connectivity index (χ3n) is 4.82. The lowest BCUT2D eigenvalue weighted by atomic mass is 9.95. The number of nitrogens with one attached hydrogen (secondary N) is 2. The van der Waals surface area contributed by atoms with Gasteiger partial charge in [0.15, 0.2) is 0 Å². The van der Waals surface area contributed by atoms with Crippen molar-refractivity contribution < 1.29 is 9.59 Å². The van der Waals surface area contributed by atoms with Crippen LogP contribution in [-0.4, -0.2) is 17.9 Å². The Bertz CT molecular complexity index is 835. The summed E-state index contributed by atoms with van der Waals surface area (Å²) < 4.78 is 0. The molecule has 0 saturated heterocycles. The van der Waals surface area contributed by atoms with E-state index in [9.17, 15) is 9.59 Å². The summed E-state index contributed by atoms with van der Waals surface area (Å²) in [6, 6.07) is 18.9. The molecule has 2 aromatic carbocycles. The number of amides is 2. The van der Waals surface area contributed by atoms with Crippen molar-refractivity contribution in [1.29, 1.82) is 0 Å². The van der Waals surface area contributed by atoms with Crippen LogP contribution in [0.25, 0.3) is 6.08 Å². The highest BCUT2D eigenvalue weighted by molar-refractivity contribution is 6.03. The first kappa shape index (κ1) is 19.6. The fourth-order valence-corrected chi connectivity index (χ4v) is 3.29. The summed E-state index contributed by atoms with van der Waals surface area (Å²) in [5.74, 6) is -0.535. The van der Waals surface area contributed by atoms with Crippen molar-refractivity contribution in [3.05, 3.63) is 89.6 Å². The summed E-state index contributed by atoms with van der Waals surface area (Å²) in [5, 5.41) is 5.84. The van der Waals surface area contributed by atoms with Crippen LogP contribution < -0.4 is 10.6 Å². The minimum atomic E-state index is -0.293. The quantitative estimate of drug-likeness (QED) is 0.579. The molecule has 0 unspecified atom stereocenters. The maximum absolute atomic E-state index is 12.8. The van der Waals surface area contributed by atoms with E-state index in [2.05, 4.69) is 10.6 Å². The number of benzene rings is 2. The Balaban J connectivity index is 1.74. The van der Waals surface area contributed by atoms with Gasteiger partial charge in [-0.05, 0) is 36.6 Å². The molecule has 1 fully saturated rings. The summed E-state index contributed by atoms with van der Waals surface area (Å²) in [5.41, 5.74) is 1.80. The second-order valence-corrected chi connectivity index (χ2v) is 6.98. The Morgan fingerprint density at radius 1 is 0.857 bits per heavy atom. The molecule has 4 nitrogen and oxygen atoms in total. The molecule has 0 atom stereocenters. The van der Waals surface area contributed by atoms with Crippen LogP contribution in [0.3, 0.4) is 0 Å². The van der Waals surface area contributed by atoms with Gasteiger partial charge in [0.05, 0.1) is 0 Å². The molecule has 0 spiro atoms. The predicted octanol–water partition coefficient (Wildman–Crippen LogP) is 4.46. The number of carbonyl (C=O) groups excluding carboxylic acids is 2. The summed E-state index contributed by atoms with van der Waals surface area (Å²) in [4.78, 5) is 25.3. The van der Waals surface area contributed by atoms with E-state index in [0.29, 0.717) is 5.56 Å². The van der Waals surface area contributed by atoms with Crippen molar-refractivity contribution >= 4 is 17.9 Å². The summed E-state index contributed by atoms with van der Waals surface area (Å²) >= 11 is 0. The van der Waals surface area contributed by atoms with E-state index in [4.69, 9.17) is 0 Å². The number of allylic oxidation sites excluding steroid dienone is 2. The van der Waals surface area contributed by atoms with E-state index in [1.165, 1.54) is 6.42 Å². The van der Waals surface area contributed by atoms with Gasteiger partial charge in [0.1, 0.15) is 5.70 Å². The zero-order valence-electron chi connectivity index (χ0n) is 15.9. The van der Waals surface area contributed by atoms with E-state index in [0.717, 1.165) is 31.2 Å². The second-order valence-electron chi connectivity index (χ2n) is 6.98. The van der Waals surface area contributed by atoms with Gasteiger partial charge in [-0.3, -0.25) is 9.59 Å². The smallest absolute Gasteiger partial charge is 0.268 e. The minimum Gasteiger partial charge on any atom is -0.348 e. The van der Waals surface area contributed by atoms with Crippen molar-refractivity contribution in [2.24, 2.45) is 0 Å². The maximum atomic E-state index is 12.8. The molecule has 1 aliphatic carbocycles. The molecule has 144 valence electrons. The van der Waals surface area contributed by atoms with Gasteiger partial charge in [0.25, 0.3) is 11.8 Å². The first-order valence-electron chi connectivity index (χ1n) is 9.83. The van der Waals surface area contributed by atoms with Gasteiger partial charge in [0.2, 0.25) is 0 Å². The number of hydrogen-bond acceptors (Lipinski definition) is 2. The molecular formula is C24H26N2O2. The second kappa shape index (κ2) is 10.3. The fourth-order valence-electron chi connectivity index (χ4n) is 3.29. The van der Waals surface area contributed by atoms with Crippen LogP contribution >= 0.6 is 0 Å².